The SMILES string of the molecule is O=C(c1ccccc1)c1ccc2nc3c4cccnc4c4ncccc4c3nc2c1. The van der Waals surface area contributed by atoms with Gasteiger partial charge in [-0.25, -0.2) is 9.97 Å². The number of benzene rings is 3. The second-order valence-corrected chi connectivity index (χ2v) is 7.12. The normalized spacial score (nSPS) is 11.5. The average Bonchev–Trinajstić information content (AvgIpc) is 2.83. The Morgan fingerprint density at radius 2 is 1.20 bits per heavy atom. The molecular weight excluding hydrogens is 372 g/mol. The van der Waals surface area contributed by atoms with Gasteiger partial charge in [0.1, 0.15) is 0 Å². The molecule has 0 atom stereocenters. The number of rotatable bonds is 2. The van der Waals surface area contributed by atoms with Gasteiger partial charge in [0.05, 0.1) is 33.1 Å². The van der Waals surface area contributed by atoms with Gasteiger partial charge in [-0.2, -0.15) is 0 Å². The number of hydrogen-bond donors (Lipinski definition) is 0. The maximum atomic E-state index is 12.9. The van der Waals surface area contributed by atoms with E-state index in [9.17, 15) is 4.79 Å². The van der Waals surface area contributed by atoms with E-state index in [0.29, 0.717) is 16.6 Å². The van der Waals surface area contributed by atoms with Crippen LogP contribution in [0.5, 0.6) is 0 Å². The number of pyridine rings is 2. The highest BCUT2D eigenvalue weighted by Gasteiger charge is 2.15. The summed E-state index contributed by atoms with van der Waals surface area (Å²) in [5, 5.41) is 1.81. The molecule has 0 spiro atoms. The van der Waals surface area contributed by atoms with Crippen LogP contribution in [0.15, 0.2) is 85.2 Å². The first kappa shape index (κ1) is 16.7. The topological polar surface area (TPSA) is 68.6 Å². The zero-order valence-corrected chi connectivity index (χ0v) is 15.8. The zero-order valence-electron chi connectivity index (χ0n) is 15.8. The first-order chi connectivity index (χ1) is 14.8. The van der Waals surface area contributed by atoms with Gasteiger partial charge in [0.15, 0.2) is 5.78 Å². The molecule has 0 fully saturated rings. The fourth-order valence-corrected chi connectivity index (χ4v) is 3.90. The summed E-state index contributed by atoms with van der Waals surface area (Å²) < 4.78 is 0. The molecule has 0 saturated heterocycles. The quantitative estimate of drug-likeness (QED) is 0.235. The molecule has 3 aromatic carbocycles. The zero-order chi connectivity index (χ0) is 20.1. The molecule has 140 valence electrons. The van der Waals surface area contributed by atoms with E-state index in [2.05, 4.69) is 9.97 Å². The monoisotopic (exact) mass is 386 g/mol. The first-order valence-corrected chi connectivity index (χ1v) is 9.62. The standard InChI is InChI=1S/C25H14N4O/c30-25(15-6-2-1-3-7-15)16-10-11-19-20(14-16)29-24-18-9-5-13-27-22(18)21-17(23(24)28-19)8-4-12-26-21/h1-14H. The van der Waals surface area contributed by atoms with Crippen molar-refractivity contribution in [3.8, 4) is 0 Å². The van der Waals surface area contributed by atoms with Crippen LogP contribution in [-0.4, -0.2) is 25.7 Å². The highest BCUT2D eigenvalue weighted by Crippen LogP contribution is 2.31. The minimum atomic E-state index is -0.0337. The molecule has 5 nitrogen and oxygen atoms in total. The molecule has 6 aromatic rings. The van der Waals surface area contributed by atoms with E-state index in [1.54, 1.807) is 18.5 Å². The molecule has 0 aliphatic rings. The summed E-state index contributed by atoms with van der Waals surface area (Å²) in [6, 6.07) is 22.5. The smallest absolute Gasteiger partial charge is 0.193 e. The molecule has 0 aliphatic carbocycles. The van der Waals surface area contributed by atoms with Crippen LogP contribution in [0.4, 0.5) is 0 Å². The lowest BCUT2D eigenvalue weighted by atomic mass is 10.0. The van der Waals surface area contributed by atoms with Crippen LogP contribution in [0.3, 0.4) is 0 Å². The van der Waals surface area contributed by atoms with E-state index < -0.39 is 0 Å². The molecule has 0 amide bonds. The average molecular weight is 386 g/mol. The predicted octanol–water partition coefficient (Wildman–Crippen LogP) is 5.11. The number of carbonyl (C=O) groups is 1. The number of nitrogens with zero attached hydrogens (tertiary/aromatic N) is 4. The van der Waals surface area contributed by atoms with E-state index in [-0.39, 0.29) is 5.78 Å². The van der Waals surface area contributed by atoms with Gasteiger partial charge in [0.25, 0.3) is 0 Å². The van der Waals surface area contributed by atoms with Crippen molar-refractivity contribution in [3.63, 3.8) is 0 Å². The second-order valence-electron chi connectivity index (χ2n) is 7.12. The van der Waals surface area contributed by atoms with Crippen molar-refractivity contribution < 1.29 is 4.79 Å². The molecule has 0 N–H and O–H groups in total. The summed E-state index contributed by atoms with van der Waals surface area (Å²) >= 11 is 0. The van der Waals surface area contributed by atoms with E-state index in [0.717, 1.165) is 38.4 Å². The molecular formula is C25H14N4O. The van der Waals surface area contributed by atoms with Crippen LogP contribution < -0.4 is 0 Å². The Balaban J connectivity index is 1.67. The van der Waals surface area contributed by atoms with Crippen molar-refractivity contribution in [3.05, 3.63) is 96.3 Å². The molecule has 5 heteroatoms. The van der Waals surface area contributed by atoms with Gasteiger partial charge in [0, 0.05) is 34.3 Å². The molecule has 3 heterocycles. The fraction of sp³-hybridized carbons (Fsp3) is 0. The lowest BCUT2D eigenvalue weighted by molar-refractivity contribution is 0.103. The predicted molar refractivity (Wildman–Crippen MR) is 118 cm³/mol. The minimum Gasteiger partial charge on any atom is -0.289 e. The van der Waals surface area contributed by atoms with Gasteiger partial charge in [0.2, 0.25) is 0 Å². The van der Waals surface area contributed by atoms with Crippen molar-refractivity contribution in [1.82, 2.24) is 19.9 Å². The fourth-order valence-electron chi connectivity index (χ4n) is 3.90. The van der Waals surface area contributed by atoms with Crippen LogP contribution in [0.1, 0.15) is 15.9 Å². The number of aromatic nitrogens is 4. The van der Waals surface area contributed by atoms with Crippen molar-refractivity contribution in [1.29, 1.82) is 0 Å². The summed E-state index contributed by atoms with van der Waals surface area (Å²) in [5.74, 6) is -0.0337. The van der Waals surface area contributed by atoms with Crippen LogP contribution in [-0.2, 0) is 0 Å². The van der Waals surface area contributed by atoms with Gasteiger partial charge in [-0.1, -0.05) is 30.3 Å². The van der Waals surface area contributed by atoms with Gasteiger partial charge in [-0.15, -0.1) is 0 Å². The largest absolute Gasteiger partial charge is 0.289 e. The molecule has 0 radical (unpaired) electrons. The van der Waals surface area contributed by atoms with Gasteiger partial charge < -0.3 is 0 Å². The third-order valence-corrected chi connectivity index (χ3v) is 5.31. The summed E-state index contributed by atoms with van der Waals surface area (Å²) in [5.41, 5.74) is 5.81. The summed E-state index contributed by atoms with van der Waals surface area (Å²) in [4.78, 5) is 31.7. The van der Waals surface area contributed by atoms with Gasteiger partial charge >= 0.3 is 0 Å². The summed E-state index contributed by atoms with van der Waals surface area (Å²) in [6.45, 7) is 0. The molecule has 0 aliphatic heterocycles. The molecule has 0 saturated carbocycles. The molecule has 6 rings (SSSR count). The van der Waals surface area contributed by atoms with Gasteiger partial charge in [-0.3, -0.25) is 14.8 Å². The minimum absolute atomic E-state index is 0.0337. The van der Waals surface area contributed by atoms with Crippen molar-refractivity contribution in [2.75, 3.05) is 0 Å². The third kappa shape index (κ3) is 2.46. The Hall–Kier alpha value is -4.25. The van der Waals surface area contributed by atoms with Crippen molar-refractivity contribution >= 4 is 49.7 Å². The number of ketones is 1. The number of carbonyl (C=O) groups excluding carboxylic acids is 1. The number of hydrogen-bond acceptors (Lipinski definition) is 5. The maximum Gasteiger partial charge on any atom is 0.193 e. The highest BCUT2D eigenvalue weighted by molar-refractivity contribution is 6.21. The lowest BCUT2D eigenvalue weighted by Crippen LogP contribution is -2.01. The Bertz CT molecular complexity index is 1610. The van der Waals surface area contributed by atoms with Crippen LogP contribution in [0.25, 0.3) is 43.9 Å². The summed E-state index contributed by atoms with van der Waals surface area (Å²) in [6.07, 6.45) is 3.52. The van der Waals surface area contributed by atoms with Crippen LogP contribution in [0, 0.1) is 0 Å². The second kappa shape index (κ2) is 6.39. The summed E-state index contributed by atoms with van der Waals surface area (Å²) in [7, 11) is 0. The molecule has 0 bridgehead atoms. The maximum absolute atomic E-state index is 12.9. The van der Waals surface area contributed by atoms with E-state index in [1.165, 1.54) is 0 Å². The number of fused-ring (bicyclic) bond motifs is 7. The van der Waals surface area contributed by atoms with Crippen molar-refractivity contribution in [2.24, 2.45) is 0 Å². The van der Waals surface area contributed by atoms with Gasteiger partial charge in [-0.05, 0) is 42.5 Å². The highest BCUT2D eigenvalue weighted by atomic mass is 16.1. The van der Waals surface area contributed by atoms with Crippen LogP contribution in [0.2, 0.25) is 0 Å². The molecule has 0 unspecified atom stereocenters. The Kier molecular flexibility index (Phi) is 3.55. The molecule has 3 aromatic heterocycles. The van der Waals surface area contributed by atoms with E-state index in [1.807, 2.05) is 66.7 Å². The van der Waals surface area contributed by atoms with Crippen molar-refractivity contribution in [2.45, 2.75) is 0 Å². The third-order valence-electron chi connectivity index (χ3n) is 5.31. The Morgan fingerprint density at radius 3 is 1.87 bits per heavy atom. The van der Waals surface area contributed by atoms with Crippen LogP contribution >= 0.6 is 0 Å². The lowest BCUT2D eigenvalue weighted by Gasteiger charge is -2.09. The molecule has 30 heavy (non-hydrogen) atoms. The van der Waals surface area contributed by atoms with E-state index in [4.69, 9.17) is 9.97 Å². The Morgan fingerprint density at radius 1 is 0.567 bits per heavy atom. The first-order valence-electron chi connectivity index (χ1n) is 9.62. The van der Waals surface area contributed by atoms with E-state index >= 15 is 0 Å². The Labute approximate surface area is 171 Å².